The molecule has 0 saturated carbocycles. The summed E-state index contributed by atoms with van der Waals surface area (Å²) in [4.78, 5) is 21.4. The topological polar surface area (TPSA) is 72.5 Å². The molecule has 0 bridgehead atoms. The van der Waals surface area contributed by atoms with Crippen LogP contribution < -0.4 is 15.5 Å². The van der Waals surface area contributed by atoms with Crippen LogP contribution in [0.15, 0.2) is 48.5 Å². The lowest BCUT2D eigenvalue weighted by molar-refractivity contribution is 0.115. The highest BCUT2D eigenvalue weighted by Crippen LogP contribution is 2.21. The van der Waals surface area contributed by atoms with Crippen LogP contribution in [0.5, 0.6) is 0 Å². The fourth-order valence-corrected chi connectivity index (χ4v) is 5.25. The van der Waals surface area contributed by atoms with Crippen LogP contribution in [0.3, 0.4) is 0 Å². The molecule has 0 unspecified atom stereocenters. The van der Waals surface area contributed by atoms with Gasteiger partial charge in [-0.25, -0.2) is 8.78 Å². The zero-order valence-electron chi connectivity index (χ0n) is 22.6. The van der Waals surface area contributed by atoms with Crippen LogP contribution in [0.4, 0.5) is 26.6 Å². The van der Waals surface area contributed by atoms with Crippen molar-refractivity contribution in [3.8, 4) is 0 Å². The third kappa shape index (κ3) is 7.83. The van der Waals surface area contributed by atoms with Crippen molar-refractivity contribution >= 4 is 17.8 Å². The molecule has 2 saturated heterocycles. The van der Waals surface area contributed by atoms with Crippen molar-refractivity contribution in [1.29, 1.82) is 0 Å². The van der Waals surface area contributed by atoms with Gasteiger partial charge in [-0.05, 0) is 81.2 Å². The van der Waals surface area contributed by atoms with Gasteiger partial charge in [-0.15, -0.1) is 0 Å². The van der Waals surface area contributed by atoms with E-state index in [0.29, 0.717) is 37.0 Å². The van der Waals surface area contributed by atoms with Crippen molar-refractivity contribution in [3.63, 3.8) is 0 Å². The van der Waals surface area contributed by atoms with Gasteiger partial charge >= 0.3 is 0 Å². The maximum atomic E-state index is 13.2. The van der Waals surface area contributed by atoms with Gasteiger partial charge in [-0.3, -0.25) is 4.90 Å². The maximum Gasteiger partial charge on any atom is 0.232 e. The first-order valence-corrected chi connectivity index (χ1v) is 13.9. The van der Waals surface area contributed by atoms with E-state index < -0.39 is 0 Å². The number of aromatic nitrogens is 3. The van der Waals surface area contributed by atoms with Gasteiger partial charge < -0.3 is 20.4 Å². The molecule has 0 spiro atoms. The third-order valence-corrected chi connectivity index (χ3v) is 7.65. The van der Waals surface area contributed by atoms with Crippen LogP contribution >= 0.6 is 0 Å². The molecule has 1 aromatic heterocycles. The molecular formula is C29H38F2N8. The summed E-state index contributed by atoms with van der Waals surface area (Å²) in [5.41, 5.74) is 2.08. The van der Waals surface area contributed by atoms with E-state index in [1.807, 2.05) is 0 Å². The van der Waals surface area contributed by atoms with E-state index >= 15 is 0 Å². The van der Waals surface area contributed by atoms with E-state index in [-0.39, 0.29) is 11.6 Å². The van der Waals surface area contributed by atoms with E-state index in [2.05, 4.69) is 37.4 Å². The first-order valence-electron chi connectivity index (χ1n) is 13.9. The normalized spacial score (nSPS) is 17.4. The molecule has 2 fully saturated rings. The van der Waals surface area contributed by atoms with Gasteiger partial charge in [0.15, 0.2) is 0 Å². The number of likely N-dealkylation sites (tertiary alicyclic amines) is 1. The van der Waals surface area contributed by atoms with Gasteiger partial charge in [0.1, 0.15) is 11.6 Å². The average Bonchev–Trinajstić information content (AvgIpc) is 2.96. The predicted molar refractivity (Wildman–Crippen MR) is 151 cm³/mol. The Morgan fingerprint density at radius 1 is 0.692 bits per heavy atom. The molecule has 39 heavy (non-hydrogen) atoms. The molecule has 0 amide bonds. The van der Waals surface area contributed by atoms with Gasteiger partial charge in [0.05, 0.1) is 0 Å². The fourth-order valence-electron chi connectivity index (χ4n) is 5.25. The number of rotatable bonds is 10. The number of halogens is 2. The summed E-state index contributed by atoms with van der Waals surface area (Å²) in [7, 11) is 2.20. The Kier molecular flexibility index (Phi) is 9.15. The lowest BCUT2D eigenvalue weighted by atomic mass is 10.0. The Labute approximate surface area is 229 Å². The second-order valence-corrected chi connectivity index (χ2v) is 10.4. The fraction of sp³-hybridized carbons (Fsp3) is 0.483. The van der Waals surface area contributed by atoms with Gasteiger partial charge in [0, 0.05) is 45.3 Å². The summed E-state index contributed by atoms with van der Waals surface area (Å²) in [5.74, 6) is 1.23. The van der Waals surface area contributed by atoms with Gasteiger partial charge in [0.2, 0.25) is 17.8 Å². The summed E-state index contributed by atoms with van der Waals surface area (Å²) in [5, 5.41) is 6.65. The molecule has 8 nitrogen and oxygen atoms in total. The Bertz CT molecular complexity index is 1110. The van der Waals surface area contributed by atoms with E-state index in [1.54, 1.807) is 24.3 Å². The van der Waals surface area contributed by atoms with Gasteiger partial charge in [0.25, 0.3) is 0 Å². The van der Waals surface area contributed by atoms with E-state index in [0.717, 1.165) is 63.2 Å². The second-order valence-electron chi connectivity index (χ2n) is 10.4. The highest BCUT2D eigenvalue weighted by atomic mass is 19.1. The first kappa shape index (κ1) is 27.2. The number of piperidine rings is 1. The number of anilines is 3. The van der Waals surface area contributed by atoms with Crippen molar-refractivity contribution in [2.75, 3.05) is 74.9 Å². The Hall–Kier alpha value is -3.37. The number of piperazine rings is 1. The summed E-state index contributed by atoms with van der Waals surface area (Å²) >= 11 is 0. The summed E-state index contributed by atoms with van der Waals surface area (Å²) in [6, 6.07) is 13.7. The molecule has 0 atom stereocenters. The van der Waals surface area contributed by atoms with Crippen molar-refractivity contribution in [3.05, 3.63) is 71.3 Å². The molecule has 2 N–H and O–H groups in total. The number of nitrogens with zero attached hydrogens (tertiary/aromatic N) is 6. The molecule has 2 aromatic carbocycles. The maximum absolute atomic E-state index is 13.2. The van der Waals surface area contributed by atoms with E-state index in [4.69, 9.17) is 9.97 Å². The minimum absolute atomic E-state index is 0.235. The minimum Gasteiger partial charge on any atom is -0.354 e. The van der Waals surface area contributed by atoms with Crippen LogP contribution in [0, 0.1) is 11.6 Å². The van der Waals surface area contributed by atoms with Crippen molar-refractivity contribution in [1.82, 2.24) is 24.8 Å². The van der Waals surface area contributed by atoms with Crippen molar-refractivity contribution < 1.29 is 8.78 Å². The molecule has 3 heterocycles. The van der Waals surface area contributed by atoms with Crippen LogP contribution in [-0.4, -0.2) is 90.2 Å². The minimum atomic E-state index is -0.235. The van der Waals surface area contributed by atoms with Gasteiger partial charge in [-0.1, -0.05) is 24.3 Å². The lowest BCUT2D eigenvalue weighted by Gasteiger charge is -2.42. The summed E-state index contributed by atoms with van der Waals surface area (Å²) in [6.45, 7) is 7.32. The smallest absolute Gasteiger partial charge is 0.232 e. The lowest BCUT2D eigenvalue weighted by Crippen LogP contribution is -2.53. The first-order chi connectivity index (χ1) is 19.0. The Morgan fingerprint density at radius 3 is 1.67 bits per heavy atom. The van der Waals surface area contributed by atoms with E-state index in [9.17, 15) is 8.78 Å². The van der Waals surface area contributed by atoms with Crippen molar-refractivity contribution in [2.24, 2.45) is 0 Å². The zero-order chi connectivity index (χ0) is 27.0. The average molecular weight is 537 g/mol. The number of benzene rings is 2. The standard InChI is InChI=1S/C29H38F2N8/c1-37-16-12-26(13-17-37)38-18-20-39(21-19-38)29-35-27(32-14-10-22-2-6-24(30)7-3-22)34-28(36-29)33-15-11-23-4-8-25(31)9-5-23/h2-9,26H,10-21H2,1H3,(H2,32,33,34,35,36). The summed E-state index contributed by atoms with van der Waals surface area (Å²) < 4.78 is 26.5. The largest absolute Gasteiger partial charge is 0.354 e. The Morgan fingerprint density at radius 2 is 1.18 bits per heavy atom. The van der Waals surface area contributed by atoms with Crippen molar-refractivity contribution in [2.45, 2.75) is 31.7 Å². The highest BCUT2D eigenvalue weighted by molar-refractivity contribution is 5.44. The van der Waals surface area contributed by atoms with Gasteiger partial charge in [-0.2, -0.15) is 15.0 Å². The van der Waals surface area contributed by atoms with Crippen LogP contribution in [0.2, 0.25) is 0 Å². The molecule has 5 rings (SSSR count). The molecule has 0 radical (unpaired) electrons. The van der Waals surface area contributed by atoms with Crippen LogP contribution in [0.1, 0.15) is 24.0 Å². The molecule has 0 aliphatic carbocycles. The SMILES string of the molecule is CN1CCC(N2CCN(c3nc(NCCc4ccc(F)cc4)nc(NCCc4ccc(F)cc4)n3)CC2)CC1. The Balaban J connectivity index is 1.22. The number of hydrogen-bond donors (Lipinski definition) is 2. The number of nitrogens with one attached hydrogen (secondary N) is 2. The molecular weight excluding hydrogens is 498 g/mol. The quantitative estimate of drug-likeness (QED) is 0.407. The number of hydrogen-bond acceptors (Lipinski definition) is 8. The molecule has 2 aliphatic rings. The monoisotopic (exact) mass is 536 g/mol. The zero-order valence-corrected chi connectivity index (χ0v) is 22.6. The third-order valence-electron chi connectivity index (χ3n) is 7.65. The highest BCUT2D eigenvalue weighted by Gasteiger charge is 2.27. The van der Waals surface area contributed by atoms with Crippen LogP contribution in [-0.2, 0) is 12.8 Å². The second kappa shape index (κ2) is 13.1. The molecule has 208 valence electrons. The van der Waals surface area contributed by atoms with E-state index in [1.165, 1.54) is 37.1 Å². The predicted octanol–water partition coefficient (Wildman–Crippen LogP) is 3.68. The molecule has 2 aliphatic heterocycles. The van der Waals surface area contributed by atoms with Crippen LogP contribution in [0.25, 0.3) is 0 Å². The molecule has 3 aromatic rings. The molecule has 10 heteroatoms. The summed E-state index contributed by atoms with van der Waals surface area (Å²) in [6.07, 6.45) is 3.91.